The Balaban J connectivity index is 1.78. The molecule has 0 radical (unpaired) electrons. The maximum atomic E-state index is 13.4. The van der Waals surface area contributed by atoms with Crippen LogP contribution in [0.15, 0.2) is 36.2 Å². The summed E-state index contributed by atoms with van der Waals surface area (Å²) in [7, 11) is 0. The number of hydrogen-bond acceptors (Lipinski definition) is 3. The molecule has 1 aliphatic carbocycles. The highest BCUT2D eigenvalue weighted by Gasteiger charge is 2.16. The highest BCUT2D eigenvalue weighted by atomic mass is 19.1. The van der Waals surface area contributed by atoms with Gasteiger partial charge in [-0.2, -0.15) is 0 Å². The first-order chi connectivity index (χ1) is 12.0. The summed E-state index contributed by atoms with van der Waals surface area (Å²) in [5.74, 6) is -0.249. The number of rotatable bonds is 7. The minimum Gasteiger partial charge on any atom is -0.487 e. The summed E-state index contributed by atoms with van der Waals surface area (Å²) in [6, 6.07) is 6.75. The highest BCUT2D eigenvalue weighted by molar-refractivity contribution is 5.94. The number of halogens is 1. The lowest BCUT2D eigenvalue weighted by atomic mass is 9.95. The van der Waals surface area contributed by atoms with Crippen LogP contribution in [-0.2, 0) is 0 Å². The van der Waals surface area contributed by atoms with Crippen molar-refractivity contribution < 1.29 is 23.8 Å². The molecule has 0 heterocycles. The molecule has 0 aromatic heterocycles. The van der Waals surface area contributed by atoms with Crippen molar-refractivity contribution in [3.63, 3.8) is 0 Å². The Morgan fingerprint density at radius 1 is 1.20 bits per heavy atom. The van der Waals surface area contributed by atoms with E-state index in [1.165, 1.54) is 6.42 Å². The number of ether oxygens (including phenoxy) is 1. The fraction of sp³-hybridized carbons (Fsp3) is 0.444. The molecule has 136 valence electrons. The van der Waals surface area contributed by atoms with E-state index in [2.05, 4.69) is 5.32 Å². The zero-order valence-electron chi connectivity index (χ0n) is 14.0. The molecule has 1 aromatic carbocycles. The van der Waals surface area contributed by atoms with Gasteiger partial charge in [0.25, 0.3) is 5.91 Å². The summed E-state index contributed by atoms with van der Waals surface area (Å²) in [5, 5.41) is 13.4. The number of benzene rings is 1. The highest BCUT2D eigenvalue weighted by Crippen LogP contribution is 2.18. The third-order valence-electron chi connectivity index (χ3n) is 4.01. The second-order valence-electron chi connectivity index (χ2n) is 5.96. The number of nitrogens with one attached hydrogen (secondary N) is 2. The van der Waals surface area contributed by atoms with E-state index < -0.39 is 11.9 Å². The van der Waals surface area contributed by atoms with Gasteiger partial charge in [0.05, 0.1) is 0 Å². The first kappa shape index (κ1) is 18.8. The maximum Gasteiger partial charge on any atom is 0.404 e. The van der Waals surface area contributed by atoms with Crippen molar-refractivity contribution in [2.45, 2.75) is 38.1 Å². The zero-order chi connectivity index (χ0) is 18.1. The molecule has 6 nitrogen and oxygen atoms in total. The molecule has 0 unspecified atom stereocenters. The van der Waals surface area contributed by atoms with E-state index in [9.17, 15) is 14.0 Å². The van der Waals surface area contributed by atoms with Gasteiger partial charge in [0.15, 0.2) is 0 Å². The quantitative estimate of drug-likeness (QED) is 0.704. The lowest BCUT2D eigenvalue weighted by molar-refractivity contribution is 0.0927. The van der Waals surface area contributed by atoms with Gasteiger partial charge in [-0.15, -0.1) is 0 Å². The van der Waals surface area contributed by atoms with Crippen LogP contribution in [0.1, 0.15) is 42.5 Å². The minimum absolute atomic E-state index is 0.107. The second-order valence-corrected chi connectivity index (χ2v) is 5.96. The van der Waals surface area contributed by atoms with Crippen molar-refractivity contribution in [3.8, 4) is 5.75 Å². The number of carbonyl (C=O) groups is 2. The number of carbonyl (C=O) groups excluding carboxylic acids is 1. The number of hydrogen-bond donors (Lipinski definition) is 3. The van der Waals surface area contributed by atoms with E-state index in [0.29, 0.717) is 11.3 Å². The van der Waals surface area contributed by atoms with E-state index in [-0.39, 0.29) is 25.1 Å². The van der Waals surface area contributed by atoms with E-state index in [4.69, 9.17) is 9.84 Å². The Bertz CT molecular complexity index is 610. The molecule has 1 aliphatic rings. The van der Waals surface area contributed by atoms with E-state index >= 15 is 0 Å². The number of carboxylic acid groups (broad SMARTS) is 1. The standard InChI is InChI=1S/C18H23FN2O4/c19-14(10-11-20-18(23)24)12-25-16-8-6-13(7-9-16)17(22)21-15-4-2-1-3-5-15/h6-10,15,20H,1-5,11-12H2,(H,21,22)(H,23,24)/b14-10+. The molecule has 0 aliphatic heterocycles. The van der Waals surface area contributed by atoms with Crippen molar-refractivity contribution in [2.24, 2.45) is 0 Å². The SMILES string of the molecule is O=C(O)NC/C=C(/F)COc1ccc(C(=O)NC2CCCCC2)cc1. The van der Waals surface area contributed by atoms with Crippen molar-refractivity contribution >= 4 is 12.0 Å². The molecule has 3 N–H and O–H groups in total. The van der Waals surface area contributed by atoms with E-state index in [1.54, 1.807) is 24.3 Å². The lowest BCUT2D eigenvalue weighted by Crippen LogP contribution is -2.36. The monoisotopic (exact) mass is 350 g/mol. The zero-order valence-corrected chi connectivity index (χ0v) is 14.0. The van der Waals surface area contributed by atoms with E-state index in [0.717, 1.165) is 31.8 Å². The number of amides is 2. The molecule has 1 fully saturated rings. The molecule has 2 amide bonds. The molecule has 1 saturated carbocycles. The third kappa shape index (κ3) is 6.82. The average Bonchev–Trinajstić information content (AvgIpc) is 2.61. The van der Waals surface area contributed by atoms with Crippen LogP contribution in [0.5, 0.6) is 5.75 Å². The van der Waals surface area contributed by atoms with Gasteiger partial charge in [0, 0.05) is 18.2 Å². The summed E-state index contributed by atoms with van der Waals surface area (Å²) in [6.45, 7) is -0.417. The van der Waals surface area contributed by atoms with Gasteiger partial charge in [0.2, 0.25) is 0 Å². The molecule has 7 heteroatoms. The normalized spacial score (nSPS) is 15.5. The van der Waals surface area contributed by atoms with Gasteiger partial charge in [-0.3, -0.25) is 4.79 Å². The fourth-order valence-corrected chi connectivity index (χ4v) is 2.68. The van der Waals surface area contributed by atoms with Gasteiger partial charge in [-0.1, -0.05) is 19.3 Å². The van der Waals surface area contributed by atoms with Crippen molar-refractivity contribution in [1.82, 2.24) is 10.6 Å². The van der Waals surface area contributed by atoms with Crippen molar-refractivity contribution in [3.05, 3.63) is 41.7 Å². The summed E-state index contributed by atoms with van der Waals surface area (Å²) >= 11 is 0. The van der Waals surface area contributed by atoms with Crippen LogP contribution in [-0.4, -0.2) is 36.3 Å². The smallest absolute Gasteiger partial charge is 0.404 e. The Kier molecular flexibility index (Phi) is 7.25. The second kappa shape index (κ2) is 9.66. The molecular weight excluding hydrogens is 327 g/mol. The van der Waals surface area contributed by atoms with Crippen LogP contribution < -0.4 is 15.4 Å². The van der Waals surface area contributed by atoms with Crippen LogP contribution in [0.2, 0.25) is 0 Å². The summed E-state index contributed by atoms with van der Waals surface area (Å²) < 4.78 is 18.7. The van der Waals surface area contributed by atoms with Gasteiger partial charge >= 0.3 is 6.09 Å². The van der Waals surface area contributed by atoms with Gasteiger partial charge in [0.1, 0.15) is 18.2 Å². The van der Waals surface area contributed by atoms with Crippen molar-refractivity contribution in [1.29, 1.82) is 0 Å². The molecule has 0 saturated heterocycles. The molecule has 2 rings (SSSR count). The summed E-state index contributed by atoms with van der Waals surface area (Å²) in [5.41, 5.74) is 0.541. The molecule has 1 aromatic rings. The molecule has 0 spiro atoms. The Morgan fingerprint density at radius 3 is 2.52 bits per heavy atom. The lowest BCUT2D eigenvalue weighted by Gasteiger charge is -2.22. The molecule has 0 atom stereocenters. The Morgan fingerprint density at radius 2 is 1.88 bits per heavy atom. The van der Waals surface area contributed by atoms with Crippen LogP contribution in [0.3, 0.4) is 0 Å². The Hall–Kier alpha value is -2.57. The van der Waals surface area contributed by atoms with Crippen LogP contribution in [0.25, 0.3) is 0 Å². The maximum absolute atomic E-state index is 13.4. The first-order valence-corrected chi connectivity index (χ1v) is 8.39. The van der Waals surface area contributed by atoms with Gasteiger partial charge in [-0.25, -0.2) is 9.18 Å². The molecule has 0 bridgehead atoms. The van der Waals surface area contributed by atoms with Crippen molar-refractivity contribution in [2.75, 3.05) is 13.2 Å². The summed E-state index contributed by atoms with van der Waals surface area (Å²) in [6.07, 6.45) is 5.46. The minimum atomic E-state index is -1.22. The molecular formula is C18H23FN2O4. The largest absolute Gasteiger partial charge is 0.487 e. The van der Waals surface area contributed by atoms with Crippen LogP contribution >= 0.6 is 0 Å². The first-order valence-electron chi connectivity index (χ1n) is 8.39. The predicted octanol–water partition coefficient (Wildman–Crippen LogP) is 3.25. The average molecular weight is 350 g/mol. The van der Waals surface area contributed by atoms with Crippen LogP contribution in [0, 0.1) is 0 Å². The summed E-state index contributed by atoms with van der Waals surface area (Å²) in [4.78, 5) is 22.4. The molecule has 25 heavy (non-hydrogen) atoms. The topological polar surface area (TPSA) is 87.7 Å². The van der Waals surface area contributed by atoms with Crippen LogP contribution in [0.4, 0.5) is 9.18 Å². The van der Waals surface area contributed by atoms with E-state index in [1.807, 2.05) is 5.32 Å². The fourth-order valence-electron chi connectivity index (χ4n) is 2.68. The van der Waals surface area contributed by atoms with Gasteiger partial charge in [-0.05, 0) is 43.2 Å². The Labute approximate surface area is 146 Å². The third-order valence-corrected chi connectivity index (χ3v) is 4.01. The predicted molar refractivity (Wildman–Crippen MR) is 91.5 cm³/mol. The van der Waals surface area contributed by atoms with Gasteiger partial charge < -0.3 is 20.5 Å².